The first-order valence-electron chi connectivity index (χ1n) is 10.3. The van der Waals surface area contributed by atoms with E-state index in [1.165, 1.54) is 0 Å². The van der Waals surface area contributed by atoms with Gasteiger partial charge in [-0.1, -0.05) is 41.6 Å². The zero-order chi connectivity index (χ0) is 23.7. The second-order valence-corrected chi connectivity index (χ2v) is 7.62. The summed E-state index contributed by atoms with van der Waals surface area (Å²) in [5.41, 5.74) is 7.86. The van der Waals surface area contributed by atoms with Crippen molar-refractivity contribution in [3.05, 3.63) is 95.9 Å². The molecule has 168 valence electrons. The lowest BCUT2D eigenvalue weighted by molar-refractivity contribution is 0.0686. The van der Waals surface area contributed by atoms with Crippen LogP contribution in [0.1, 0.15) is 21.6 Å². The van der Waals surface area contributed by atoms with Crippen molar-refractivity contribution in [1.29, 1.82) is 0 Å². The second kappa shape index (κ2) is 8.55. The summed E-state index contributed by atoms with van der Waals surface area (Å²) in [6, 6.07) is 20.2. The van der Waals surface area contributed by atoms with Gasteiger partial charge in [0.15, 0.2) is 5.84 Å². The van der Waals surface area contributed by atoms with Crippen LogP contribution in [0.5, 0.6) is 11.8 Å². The van der Waals surface area contributed by atoms with Crippen LogP contribution >= 0.6 is 0 Å². The van der Waals surface area contributed by atoms with E-state index in [2.05, 4.69) is 15.1 Å². The van der Waals surface area contributed by atoms with Crippen molar-refractivity contribution < 1.29 is 19.8 Å². The molecule has 2 aromatic heterocycles. The molecule has 9 nitrogen and oxygen atoms in total. The molecule has 0 amide bonds. The molecular weight excluding hydrogens is 434 g/mol. The Kier molecular flexibility index (Phi) is 5.27. The number of ether oxygens (including phenoxy) is 1. The van der Waals surface area contributed by atoms with Gasteiger partial charge in [-0.3, -0.25) is 0 Å². The highest BCUT2D eigenvalue weighted by molar-refractivity contribution is 6.02. The number of nitrogens with zero attached hydrogens (tertiary/aromatic N) is 4. The summed E-state index contributed by atoms with van der Waals surface area (Å²) in [7, 11) is 0. The molecule has 0 radical (unpaired) electrons. The molecular formula is C25H19N5O4. The third-order valence-corrected chi connectivity index (χ3v) is 5.53. The third kappa shape index (κ3) is 3.86. The van der Waals surface area contributed by atoms with Gasteiger partial charge in [0.25, 0.3) is 0 Å². The van der Waals surface area contributed by atoms with Gasteiger partial charge in [0, 0.05) is 35.4 Å². The summed E-state index contributed by atoms with van der Waals surface area (Å²) in [4.78, 5) is 20.3. The number of hydrogen-bond acceptors (Lipinski definition) is 6. The minimum Gasteiger partial charge on any atom is -0.477 e. The molecule has 0 aliphatic heterocycles. The van der Waals surface area contributed by atoms with Crippen molar-refractivity contribution >= 4 is 33.5 Å². The molecule has 34 heavy (non-hydrogen) atoms. The van der Waals surface area contributed by atoms with Gasteiger partial charge in [0.2, 0.25) is 0 Å². The maximum absolute atomic E-state index is 12.1. The first kappa shape index (κ1) is 21.0. The number of benzene rings is 3. The van der Waals surface area contributed by atoms with Gasteiger partial charge in [0.05, 0.1) is 0 Å². The number of fused-ring (bicyclic) bond motifs is 2. The van der Waals surface area contributed by atoms with Crippen molar-refractivity contribution in [3.63, 3.8) is 0 Å². The summed E-state index contributed by atoms with van der Waals surface area (Å²) in [6.45, 7) is 0.248. The van der Waals surface area contributed by atoms with E-state index in [0.717, 1.165) is 21.7 Å². The molecule has 0 saturated carbocycles. The van der Waals surface area contributed by atoms with Crippen molar-refractivity contribution in [2.75, 3.05) is 0 Å². The Hall–Kier alpha value is -4.92. The van der Waals surface area contributed by atoms with Gasteiger partial charge >= 0.3 is 12.0 Å². The Morgan fingerprint density at radius 3 is 2.56 bits per heavy atom. The maximum Gasteiger partial charge on any atom is 0.352 e. The predicted molar refractivity (Wildman–Crippen MR) is 127 cm³/mol. The summed E-state index contributed by atoms with van der Waals surface area (Å²) < 4.78 is 7.56. The molecule has 3 aromatic carbocycles. The number of aromatic carboxylic acids is 1. The number of hydrogen-bond donors (Lipinski definition) is 3. The number of aromatic nitrogens is 3. The van der Waals surface area contributed by atoms with E-state index in [0.29, 0.717) is 16.8 Å². The van der Waals surface area contributed by atoms with E-state index in [1.54, 1.807) is 47.3 Å². The minimum absolute atomic E-state index is 0.0600. The summed E-state index contributed by atoms with van der Waals surface area (Å²) >= 11 is 0. The Morgan fingerprint density at radius 2 is 1.79 bits per heavy atom. The zero-order valence-corrected chi connectivity index (χ0v) is 17.8. The van der Waals surface area contributed by atoms with E-state index in [1.807, 2.05) is 36.4 Å². The molecule has 0 bridgehead atoms. The van der Waals surface area contributed by atoms with Crippen LogP contribution in [0, 0.1) is 0 Å². The second-order valence-electron chi connectivity index (χ2n) is 7.62. The van der Waals surface area contributed by atoms with E-state index in [4.69, 9.17) is 15.7 Å². The lowest BCUT2D eigenvalue weighted by Gasteiger charge is -2.14. The molecule has 0 spiro atoms. The van der Waals surface area contributed by atoms with Gasteiger partial charge in [-0.2, -0.15) is 0 Å². The molecule has 5 rings (SSSR count). The molecule has 0 fully saturated rings. The molecule has 4 N–H and O–H groups in total. The molecule has 0 saturated heterocycles. The highest BCUT2D eigenvalue weighted by Gasteiger charge is 2.18. The Bertz CT molecular complexity index is 1560. The van der Waals surface area contributed by atoms with Gasteiger partial charge in [0.1, 0.15) is 11.4 Å². The van der Waals surface area contributed by atoms with Crippen LogP contribution in [-0.4, -0.2) is 36.7 Å². The van der Waals surface area contributed by atoms with Crippen LogP contribution in [-0.2, 0) is 6.54 Å². The Balaban J connectivity index is 1.67. The topological polar surface area (TPSA) is 136 Å². The van der Waals surface area contributed by atoms with Crippen molar-refractivity contribution in [2.45, 2.75) is 6.54 Å². The number of amidine groups is 1. The maximum atomic E-state index is 12.1. The van der Waals surface area contributed by atoms with E-state index >= 15 is 0 Å². The number of carbonyl (C=O) groups is 1. The summed E-state index contributed by atoms with van der Waals surface area (Å²) in [5.74, 6) is -0.586. The normalized spacial score (nSPS) is 11.7. The van der Waals surface area contributed by atoms with E-state index in [9.17, 15) is 9.90 Å². The first-order chi connectivity index (χ1) is 16.5. The zero-order valence-electron chi connectivity index (χ0n) is 17.8. The number of rotatable bonds is 6. The Labute approximate surface area is 193 Å². The summed E-state index contributed by atoms with van der Waals surface area (Å²) in [6.07, 6.45) is 3.18. The van der Waals surface area contributed by atoms with Crippen molar-refractivity contribution in [3.8, 4) is 11.8 Å². The fourth-order valence-electron chi connectivity index (χ4n) is 3.98. The number of carboxylic acid groups (broad SMARTS) is 1. The van der Waals surface area contributed by atoms with Gasteiger partial charge < -0.3 is 25.4 Å². The van der Waals surface area contributed by atoms with Crippen LogP contribution in [0.4, 0.5) is 0 Å². The summed E-state index contributed by atoms with van der Waals surface area (Å²) in [5, 5.41) is 24.6. The molecule has 0 aliphatic rings. The fourth-order valence-corrected chi connectivity index (χ4v) is 3.98. The van der Waals surface area contributed by atoms with Crippen LogP contribution in [0.25, 0.3) is 21.7 Å². The smallest absolute Gasteiger partial charge is 0.352 e. The number of carboxylic acids is 1. The average molecular weight is 453 g/mol. The minimum atomic E-state index is -1.06. The van der Waals surface area contributed by atoms with E-state index < -0.39 is 5.97 Å². The van der Waals surface area contributed by atoms with Crippen LogP contribution in [0.2, 0.25) is 0 Å². The predicted octanol–water partition coefficient (Wildman–Crippen LogP) is 4.22. The van der Waals surface area contributed by atoms with Gasteiger partial charge in [-0.05, 0) is 46.7 Å². The molecule has 2 heterocycles. The van der Waals surface area contributed by atoms with Crippen LogP contribution in [0.15, 0.2) is 84.3 Å². The van der Waals surface area contributed by atoms with Crippen molar-refractivity contribution in [1.82, 2.24) is 14.5 Å². The SMILES string of the molecule is N/C(=N\O)c1ccc2cc(C(=O)O)n(Cc3cc(Oc4ncccn4)cc4ccccc34)c2c1. The highest BCUT2D eigenvalue weighted by Crippen LogP contribution is 2.30. The molecule has 9 heteroatoms. The average Bonchev–Trinajstić information content (AvgIpc) is 3.22. The molecule has 0 aliphatic carbocycles. The number of oxime groups is 1. The monoisotopic (exact) mass is 453 g/mol. The lowest BCUT2D eigenvalue weighted by Crippen LogP contribution is -2.13. The fraction of sp³-hybridized carbons (Fsp3) is 0.0400. The number of nitrogens with two attached hydrogens (primary N) is 1. The van der Waals surface area contributed by atoms with Gasteiger partial charge in [-0.25, -0.2) is 14.8 Å². The Morgan fingerprint density at radius 1 is 1.00 bits per heavy atom. The van der Waals surface area contributed by atoms with Crippen LogP contribution in [0.3, 0.4) is 0 Å². The quantitative estimate of drug-likeness (QED) is 0.152. The highest BCUT2D eigenvalue weighted by atomic mass is 16.5. The molecule has 5 aromatic rings. The third-order valence-electron chi connectivity index (χ3n) is 5.53. The largest absolute Gasteiger partial charge is 0.477 e. The van der Waals surface area contributed by atoms with Crippen molar-refractivity contribution in [2.24, 2.45) is 10.9 Å². The van der Waals surface area contributed by atoms with E-state index in [-0.39, 0.29) is 24.1 Å². The van der Waals surface area contributed by atoms with Gasteiger partial charge in [-0.15, -0.1) is 0 Å². The lowest BCUT2D eigenvalue weighted by atomic mass is 10.0. The van der Waals surface area contributed by atoms with Crippen LogP contribution < -0.4 is 10.5 Å². The molecule has 0 unspecified atom stereocenters. The standard InChI is InChI=1S/C25H19N5O4/c26-23(29-33)17-7-6-16-12-22(24(31)32)30(21(16)13-17)14-18-11-19(34-25-27-8-3-9-28-25)10-15-4-1-2-5-20(15)18/h1-13,33H,14H2,(H2,26,29)(H,31,32). The molecule has 0 atom stereocenters. The first-order valence-corrected chi connectivity index (χ1v) is 10.3.